The number of fused-ring (bicyclic) bond motifs is 3. The molecule has 0 unspecified atom stereocenters. The van der Waals surface area contributed by atoms with Crippen LogP contribution in [-0.2, 0) is 20.1 Å². The number of ether oxygens (including phenoxy) is 1. The molecule has 1 N–H and O–H groups in total. The van der Waals surface area contributed by atoms with Crippen LogP contribution in [0, 0.1) is 0 Å². The molecule has 0 radical (unpaired) electrons. The summed E-state index contributed by atoms with van der Waals surface area (Å²) in [7, 11) is 5.24. The molecule has 0 saturated heterocycles. The fourth-order valence-corrected chi connectivity index (χ4v) is 3.94. The second kappa shape index (κ2) is 7.33. The van der Waals surface area contributed by atoms with Crippen molar-refractivity contribution in [3.63, 3.8) is 0 Å². The third kappa shape index (κ3) is 3.07. The third-order valence-electron chi connectivity index (χ3n) is 5.49. The Hall–Kier alpha value is -3.19. The summed E-state index contributed by atoms with van der Waals surface area (Å²) < 4.78 is 8.14. The number of imidazole rings is 1. The van der Waals surface area contributed by atoms with E-state index in [4.69, 9.17) is 4.74 Å². The molecule has 29 heavy (non-hydrogen) atoms. The van der Waals surface area contributed by atoms with Gasteiger partial charge in [-0.05, 0) is 18.9 Å². The van der Waals surface area contributed by atoms with Crippen LogP contribution in [0.15, 0.2) is 30.3 Å². The fourth-order valence-electron chi connectivity index (χ4n) is 3.94. The predicted octanol–water partition coefficient (Wildman–Crippen LogP) is 2.65. The number of aliphatic hydroxyl groups excluding tert-OH is 1. The fraction of sp³-hybridized carbons (Fsp3) is 0.318. The lowest BCUT2D eigenvalue weighted by atomic mass is 9.91. The number of aldehydes is 1. The minimum Gasteiger partial charge on any atom is -0.483 e. The molecular formula is C22H23N3O4. The summed E-state index contributed by atoms with van der Waals surface area (Å²) in [4.78, 5) is 30.4. The van der Waals surface area contributed by atoms with Gasteiger partial charge in [0.15, 0.2) is 5.75 Å². The average molecular weight is 393 g/mol. The second-order valence-corrected chi connectivity index (χ2v) is 7.44. The highest BCUT2D eigenvalue weighted by Crippen LogP contribution is 2.42. The highest BCUT2D eigenvalue weighted by molar-refractivity contribution is 6.01. The van der Waals surface area contributed by atoms with Crippen molar-refractivity contribution in [1.82, 2.24) is 14.5 Å². The zero-order valence-electron chi connectivity index (χ0n) is 16.7. The molecule has 2 heterocycles. The number of aromatic nitrogens is 2. The Morgan fingerprint density at radius 1 is 1.38 bits per heavy atom. The summed E-state index contributed by atoms with van der Waals surface area (Å²) in [6.45, 7) is -0.214. The molecule has 1 aromatic heterocycles. The maximum atomic E-state index is 12.8. The molecule has 7 heteroatoms. The Bertz CT molecular complexity index is 1120. The van der Waals surface area contributed by atoms with Crippen molar-refractivity contribution in [2.45, 2.75) is 25.6 Å². The summed E-state index contributed by atoms with van der Waals surface area (Å²) in [6, 6.07) is 9.19. The standard InChI is InChI=1S/C22H23N3O4/c1-24(2)22(28)16-10-17-20(23-19(12-27)25(17)3)21-15(16)8-9-18(29-21)14-7-5-4-6-13(14)11-26/h4-7,10-11,18,27H,8-9,12H2,1-3H3/t18-/m0/s1. The summed E-state index contributed by atoms with van der Waals surface area (Å²) >= 11 is 0. The number of carbonyl (C=O) groups is 2. The average Bonchev–Trinajstić information content (AvgIpc) is 3.08. The Labute approximate surface area is 168 Å². The molecule has 4 rings (SSSR count). The van der Waals surface area contributed by atoms with Crippen molar-refractivity contribution in [1.29, 1.82) is 0 Å². The molecule has 1 amide bonds. The van der Waals surface area contributed by atoms with Crippen molar-refractivity contribution >= 4 is 23.2 Å². The van der Waals surface area contributed by atoms with Crippen LogP contribution < -0.4 is 4.74 Å². The van der Waals surface area contributed by atoms with Gasteiger partial charge in [-0.2, -0.15) is 0 Å². The molecule has 0 spiro atoms. The first-order valence-corrected chi connectivity index (χ1v) is 9.50. The smallest absolute Gasteiger partial charge is 0.253 e. The van der Waals surface area contributed by atoms with Gasteiger partial charge >= 0.3 is 0 Å². The van der Waals surface area contributed by atoms with E-state index in [1.807, 2.05) is 24.3 Å². The van der Waals surface area contributed by atoms with Crippen molar-refractivity contribution in [2.24, 2.45) is 7.05 Å². The highest BCUT2D eigenvalue weighted by Gasteiger charge is 2.31. The van der Waals surface area contributed by atoms with Gasteiger partial charge in [0.1, 0.15) is 30.3 Å². The first kappa shape index (κ1) is 19.1. The molecule has 1 atom stereocenters. The summed E-state index contributed by atoms with van der Waals surface area (Å²) in [5, 5.41) is 9.65. The zero-order chi connectivity index (χ0) is 20.7. The van der Waals surface area contributed by atoms with Crippen molar-refractivity contribution in [2.75, 3.05) is 14.1 Å². The van der Waals surface area contributed by atoms with E-state index in [0.717, 1.165) is 22.9 Å². The first-order chi connectivity index (χ1) is 14.0. The van der Waals surface area contributed by atoms with Gasteiger partial charge < -0.3 is 19.3 Å². The first-order valence-electron chi connectivity index (χ1n) is 9.50. The van der Waals surface area contributed by atoms with Gasteiger partial charge in [-0.1, -0.05) is 24.3 Å². The number of amides is 1. The van der Waals surface area contributed by atoms with E-state index in [2.05, 4.69) is 4.98 Å². The summed E-state index contributed by atoms with van der Waals surface area (Å²) in [5.41, 5.74) is 4.15. The molecule has 1 aliphatic rings. The Kier molecular flexibility index (Phi) is 4.84. The van der Waals surface area contributed by atoms with Crippen molar-refractivity contribution in [3.8, 4) is 5.75 Å². The molecule has 7 nitrogen and oxygen atoms in total. The SMILES string of the molecule is CN(C)C(=O)c1cc2c(nc(CO)n2C)c2c1CC[C@@H](c1ccccc1C=O)O2. The molecule has 2 aromatic carbocycles. The predicted molar refractivity (Wildman–Crippen MR) is 108 cm³/mol. The molecule has 0 bridgehead atoms. The Morgan fingerprint density at radius 2 is 2.14 bits per heavy atom. The maximum absolute atomic E-state index is 12.8. The zero-order valence-corrected chi connectivity index (χ0v) is 16.7. The van der Waals surface area contributed by atoms with Gasteiger partial charge in [0.2, 0.25) is 0 Å². The van der Waals surface area contributed by atoms with Crippen LogP contribution in [0.5, 0.6) is 5.75 Å². The lowest BCUT2D eigenvalue weighted by molar-refractivity contribution is 0.0823. The van der Waals surface area contributed by atoms with Crippen molar-refractivity contribution in [3.05, 3.63) is 58.4 Å². The molecule has 3 aromatic rings. The van der Waals surface area contributed by atoms with E-state index in [9.17, 15) is 14.7 Å². The molecule has 0 saturated carbocycles. The quantitative estimate of drug-likeness (QED) is 0.689. The number of aryl methyl sites for hydroxylation is 1. The van der Waals surface area contributed by atoms with Gasteiger partial charge in [0.25, 0.3) is 5.91 Å². The number of hydrogen-bond acceptors (Lipinski definition) is 5. The minimum atomic E-state index is -0.309. The molecule has 150 valence electrons. The molecular weight excluding hydrogens is 370 g/mol. The minimum absolute atomic E-state index is 0.106. The summed E-state index contributed by atoms with van der Waals surface area (Å²) in [5.74, 6) is 0.945. The van der Waals surface area contributed by atoms with E-state index in [0.29, 0.717) is 41.1 Å². The normalized spacial score (nSPS) is 15.7. The summed E-state index contributed by atoms with van der Waals surface area (Å²) in [6.07, 6.45) is 1.80. The van der Waals surface area contributed by atoms with E-state index in [-0.39, 0.29) is 18.6 Å². The monoisotopic (exact) mass is 393 g/mol. The van der Waals surface area contributed by atoms with Gasteiger partial charge in [0, 0.05) is 43.4 Å². The van der Waals surface area contributed by atoms with Gasteiger partial charge in [-0.15, -0.1) is 0 Å². The van der Waals surface area contributed by atoms with Crippen LogP contribution in [0.4, 0.5) is 0 Å². The maximum Gasteiger partial charge on any atom is 0.253 e. The van der Waals surface area contributed by atoms with E-state index in [1.165, 1.54) is 0 Å². The van der Waals surface area contributed by atoms with Gasteiger partial charge in [-0.3, -0.25) is 9.59 Å². The van der Waals surface area contributed by atoms with E-state index >= 15 is 0 Å². The van der Waals surface area contributed by atoms with Crippen molar-refractivity contribution < 1.29 is 19.4 Å². The largest absolute Gasteiger partial charge is 0.483 e. The number of aliphatic hydroxyl groups is 1. The number of rotatable bonds is 4. The number of hydrogen-bond donors (Lipinski definition) is 1. The number of carbonyl (C=O) groups excluding carboxylic acids is 2. The Morgan fingerprint density at radius 3 is 2.83 bits per heavy atom. The van der Waals surface area contributed by atoms with Crippen LogP contribution in [0.3, 0.4) is 0 Å². The molecule has 0 aliphatic carbocycles. The van der Waals surface area contributed by atoms with Crippen LogP contribution in [0.25, 0.3) is 11.0 Å². The Balaban J connectivity index is 1.91. The number of benzene rings is 2. The van der Waals surface area contributed by atoms with E-state index in [1.54, 1.807) is 36.7 Å². The molecule has 0 fully saturated rings. The topological polar surface area (TPSA) is 84.7 Å². The van der Waals surface area contributed by atoms with Crippen LogP contribution >= 0.6 is 0 Å². The van der Waals surface area contributed by atoms with E-state index < -0.39 is 0 Å². The third-order valence-corrected chi connectivity index (χ3v) is 5.49. The van der Waals surface area contributed by atoms with Gasteiger partial charge in [0.05, 0.1) is 5.52 Å². The van der Waals surface area contributed by atoms with Crippen LogP contribution in [0.1, 0.15) is 50.2 Å². The lowest BCUT2D eigenvalue weighted by Gasteiger charge is -2.29. The second-order valence-electron chi connectivity index (χ2n) is 7.44. The number of nitrogens with zero attached hydrogens (tertiary/aromatic N) is 3. The van der Waals surface area contributed by atoms with Gasteiger partial charge in [-0.25, -0.2) is 4.98 Å². The molecule has 1 aliphatic heterocycles. The highest BCUT2D eigenvalue weighted by atomic mass is 16.5. The van der Waals surface area contributed by atoms with Crippen LogP contribution in [0.2, 0.25) is 0 Å². The van der Waals surface area contributed by atoms with Crippen LogP contribution in [-0.4, -0.2) is 45.8 Å². The lowest BCUT2D eigenvalue weighted by Crippen LogP contribution is -2.25.